The van der Waals surface area contributed by atoms with Gasteiger partial charge in [0.05, 0.1) is 12.7 Å². The van der Waals surface area contributed by atoms with Crippen molar-refractivity contribution in [3.8, 4) is 0 Å². The van der Waals surface area contributed by atoms with Crippen LogP contribution in [0, 0.1) is 0 Å². The van der Waals surface area contributed by atoms with Crippen LogP contribution in [-0.4, -0.2) is 56.2 Å². The third kappa shape index (κ3) is 10.5. The molecule has 0 aromatic heterocycles. The third-order valence-electron chi connectivity index (χ3n) is 3.00. The van der Waals surface area contributed by atoms with Crippen LogP contribution in [0.4, 0.5) is 0 Å². The molecule has 0 bridgehead atoms. The van der Waals surface area contributed by atoms with Crippen LogP contribution in [0.2, 0.25) is 0 Å². The summed E-state index contributed by atoms with van der Waals surface area (Å²) in [6, 6.07) is 0. The van der Waals surface area contributed by atoms with Crippen LogP contribution in [0.5, 0.6) is 0 Å². The highest BCUT2D eigenvalue weighted by molar-refractivity contribution is 5.76. The molecule has 130 valence electrons. The molecule has 0 aromatic carbocycles. The highest BCUT2D eigenvalue weighted by Gasteiger charge is 2.16. The van der Waals surface area contributed by atoms with Gasteiger partial charge >= 0.3 is 5.97 Å². The number of amides is 1. The van der Waals surface area contributed by atoms with Gasteiger partial charge < -0.3 is 24.6 Å². The Morgan fingerprint density at radius 2 is 1.95 bits per heavy atom. The first-order valence-electron chi connectivity index (χ1n) is 7.78. The minimum Gasteiger partial charge on any atom is -0.460 e. The Hall–Kier alpha value is -1.18. The molecule has 0 spiro atoms. The molecule has 0 fully saturated rings. The number of carbonyl (C=O) groups excluding carboxylic acids is 2. The normalized spacial score (nSPS) is 13.5. The predicted molar refractivity (Wildman–Crippen MR) is 81.2 cm³/mol. The van der Waals surface area contributed by atoms with Crippen molar-refractivity contribution >= 4 is 11.9 Å². The van der Waals surface area contributed by atoms with E-state index in [0.29, 0.717) is 25.8 Å². The first-order valence-corrected chi connectivity index (χ1v) is 7.78. The number of rotatable bonds is 13. The molecule has 0 aliphatic carbocycles. The number of esters is 1. The fourth-order valence-electron chi connectivity index (χ4n) is 1.63. The summed E-state index contributed by atoms with van der Waals surface area (Å²) in [5.41, 5.74) is 0. The molecule has 0 radical (unpaired) electrons. The van der Waals surface area contributed by atoms with Crippen molar-refractivity contribution in [2.24, 2.45) is 0 Å². The fraction of sp³-hybridized carbons (Fsp3) is 0.867. The molecule has 0 aliphatic rings. The molecule has 22 heavy (non-hydrogen) atoms. The number of aliphatic hydroxyl groups is 1. The van der Waals surface area contributed by atoms with Crippen LogP contribution < -0.4 is 5.32 Å². The van der Waals surface area contributed by atoms with E-state index in [1.165, 1.54) is 7.11 Å². The van der Waals surface area contributed by atoms with Crippen molar-refractivity contribution in [2.75, 3.05) is 26.9 Å². The second-order valence-corrected chi connectivity index (χ2v) is 4.90. The molecule has 1 amide bonds. The average Bonchev–Trinajstić information content (AvgIpc) is 2.53. The predicted octanol–water partition coefficient (Wildman–Crippen LogP) is 0.986. The topological polar surface area (TPSA) is 94.1 Å². The van der Waals surface area contributed by atoms with Crippen molar-refractivity contribution in [1.29, 1.82) is 0 Å². The van der Waals surface area contributed by atoms with Gasteiger partial charge in [0.2, 0.25) is 5.91 Å². The summed E-state index contributed by atoms with van der Waals surface area (Å²) in [5, 5.41) is 11.8. The van der Waals surface area contributed by atoms with Crippen molar-refractivity contribution in [1.82, 2.24) is 5.32 Å². The molecule has 0 aromatic rings. The van der Waals surface area contributed by atoms with Crippen LogP contribution in [0.1, 0.15) is 46.0 Å². The molecule has 2 unspecified atom stereocenters. The van der Waals surface area contributed by atoms with Crippen LogP contribution in [0.3, 0.4) is 0 Å². The molecule has 0 saturated heterocycles. The van der Waals surface area contributed by atoms with Crippen LogP contribution in [0.15, 0.2) is 0 Å². The average molecular weight is 319 g/mol. The van der Waals surface area contributed by atoms with Gasteiger partial charge in [0.15, 0.2) is 6.29 Å². The lowest BCUT2D eigenvalue weighted by Crippen LogP contribution is -2.30. The van der Waals surface area contributed by atoms with E-state index < -0.39 is 12.3 Å². The van der Waals surface area contributed by atoms with Gasteiger partial charge in [0.1, 0.15) is 6.61 Å². The zero-order valence-corrected chi connectivity index (χ0v) is 13.8. The van der Waals surface area contributed by atoms with Gasteiger partial charge in [-0.05, 0) is 19.3 Å². The van der Waals surface area contributed by atoms with E-state index in [0.717, 1.165) is 6.42 Å². The third-order valence-corrected chi connectivity index (χ3v) is 3.00. The molecule has 0 aliphatic heterocycles. The highest BCUT2D eigenvalue weighted by Crippen LogP contribution is 2.05. The van der Waals surface area contributed by atoms with Crippen molar-refractivity contribution in [2.45, 2.75) is 58.3 Å². The van der Waals surface area contributed by atoms with Gasteiger partial charge in [0.25, 0.3) is 0 Å². The molecule has 2 N–H and O–H groups in total. The number of nitrogens with one attached hydrogen (secondary N) is 1. The Morgan fingerprint density at radius 3 is 2.50 bits per heavy atom. The zero-order valence-electron chi connectivity index (χ0n) is 13.8. The number of methoxy groups -OCH3 is 1. The number of carbonyl (C=O) groups is 2. The molecule has 0 saturated carbocycles. The van der Waals surface area contributed by atoms with E-state index >= 15 is 0 Å². The Balaban J connectivity index is 3.84. The van der Waals surface area contributed by atoms with E-state index in [1.54, 1.807) is 0 Å². The molecule has 2 atom stereocenters. The van der Waals surface area contributed by atoms with E-state index in [2.05, 4.69) is 5.32 Å². The highest BCUT2D eigenvalue weighted by atomic mass is 16.7. The Bertz CT molecular complexity index is 306. The minimum absolute atomic E-state index is 0.0339. The SMILES string of the molecule is CCCNC(=O)CCCC(=O)OCC(OC)OC(CC)CO. The maximum Gasteiger partial charge on any atom is 0.305 e. The van der Waals surface area contributed by atoms with Crippen molar-refractivity contribution in [3.63, 3.8) is 0 Å². The summed E-state index contributed by atoms with van der Waals surface area (Å²) >= 11 is 0. The minimum atomic E-state index is -0.700. The number of aliphatic hydroxyl groups excluding tert-OH is 1. The molecular formula is C15H29NO6. The monoisotopic (exact) mass is 319 g/mol. The second kappa shape index (κ2) is 13.5. The van der Waals surface area contributed by atoms with Gasteiger partial charge in [-0.15, -0.1) is 0 Å². The maximum atomic E-state index is 11.6. The van der Waals surface area contributed by atoms with E-state index in [1.807, 2.05) is 13.8 Å². The zero-order chi connectivity index (χ0) is 16.8. The lowest BCUT2D eigenvalue weighted by Gasteiger charge is -2.21. The van der Waals surface area contributed by atoms with Crippen molar-refractivity contribution < 1.29 is 28.9 Å². The Morgan fingerprint density at radius 1 is 1.23 bits per heavy atom. The first kappa shape index (κ1) is 20.8. The smallest absolute Gasteiger partial charge is 0.305 e. The molecule has 7 nitrogen and oxygen atoms in total. The summed E-state index contributed by atoms with van der Waals surface area (Å²) in [5.74, 6) is -0.451. The maximum absolute atomic E-state index is 11.6. The van der Waals surface area contributed by atoms with Gasteiger partial charge in [-0.1, -0.05) is 13.8 Å². The number of hydrogen-bond donors (Lipinski definition) is 2. The van der Waals surface area contributed by atoms with Gasteiger partial charge in [-0.25, -0.2) is 0 Å². The Kier molecular flexibility index (Phi) is 12.8. The van der Waals surface area contributed by atoms with E-state index in [-0.39, 0.29) is 31.6 Å². The summed E-state index contributed by atoms with van der Waals surface area (Å²) in [6.07, 6.45) is 1.41. The van der Waals surface area contributed by atoms with Crippen LogP contribution in [0.25, 0.3) is 0 Å². The van der Waals surface area contributed by atoms with Gasteiger partial charge in [-0.3, -0.25) is 9.59 Å². The fourth-order valence-corrected chi connectivity index (χ4v) is 1.63. The molecule has 0 rings (SSSR count). The van der Waals surface area contributed by atoms with Crippen LogP contribution in [-0.2, 0) is 23.8 Å². The lowest BCUT2D eigenvalue weighted by molar-refractivity contribution is -0.194. The van der Waals surface area contributed by atoms with E-state index in [4.69, 9.17) is 19.3 Å². The Labute approximate surface area is 132 Å². The summed E-state index contributed by atoms with van der Waals surface area (Å²) in [4.78, 5) is 22.9. The molecular weight excluding hydrogens is 290 g/mol. The first-order chi connectivity index (χ1) is 10.6. The summed E-state index contributed by atoms with van der Waals surface area (Å²) in [6.45, 7) is 4.36. The second-order valence-electron chi connectivity index (χ2n) is 4.90. The molecule has 7 heteroatoms. The number of hydrogen-bond acceptors (Lipinski definition) is 6. The van der Waals surface area contributed by atoms with Gasteiger partial charge in [0, 0.05) is 26.5 Å². The summed E-state index contributed by atoms with van der Waals surface area (Å²) < 4.78 is 15.5. The van der Waals surface area contributed by atoms with Gasteiger partial charge in [-0.2, -0.15) is 0 Å². The van der Waals surface area contributed by atoms with Crippen molar-refractivity contribution in [3.05, 3.63) is 0 Å². The summed E-state index contributed by atoms with van der Waals surface area (Å²) in [7, 11) is 1.45. The lowest BCUT2D eigenvalue weighted by atomic mass is 10.2. The van der Waals surface area contributed by atoms with Crippen LogP contribution >= 0.6 is 0 Å². The quantitative estimate of drug-likeness (QED) is 0.388. The van der Waals surface area contributed by atoms with E-state index in [9.17, 15) is 9.59 Å². The molecule has 0 heterocycles. The standard InChI is InChI=1S/C15H29NO6/c1-4-9-16-13(18)7-6-8-14(19)21-11-15(20-3)22-12(5-2)10-17/h12,15,17H,4-11H2,1-3H3,(H,16,18). The number of ether oxygens (including phenoxy) is 3. The largest absolute Gasteiger partial charge is 0.460 e.